The van der Waals surface area contributed by atoms with Crippen molar-refractivity contribution in [3.63, 3.8) is 0 Å². The van der Waals surface area contributed by atoms with Crippen LogP contribution in [0.15, 0.2) is 47.4 Å². The SMILES string of the molecule is COc1cc(C)c(/C=C2\SC(=S)N(CCc3ccccc3)C2=O)cc1C(C)C. The summed E-state index contributed by atoms with van der Waals surface area (Å²) < 4.78 is 6.15. The molecule has 1 amide bonds. The molecule has 0 aliphatic carbocycles. The summed E-state index contributed by atoms with van der Waals surface area (Å²) in [5.74, 6) is 1.22. The average molecular weight is 412 g/mol. The molecule has 0 aromatic heterocycles. The van der Waals surface area contributed by atoms with E-state index in [9.17, 15) is 4.79 Å². The van der Waals surface area contributed by atoms with Crippen molar-refractivity contribution in [2.24, 2.45) is 0 Å². The molecule has 0 saturated carbocycles. The van der Waals surface area contributed by atoms with Crippen LogP contribution in [0.2, 0.25) is 0 Å². The van der Waals surface area contributed by atoms with Gasteiger partial charge in [-0.1, -0.05) is 68.2 Å². The first kappa shape index (κ1) is 20.6. The second-order valence-electron chi connectivity index (χ2n) is 7.17. The number of methoxy groups -OCH3 is 1. The number of amides is 1. The third kappa shape index (κ3) is 4.47. The Morgan fingerprint density at radius 2 is 1.93 bits per heavy atom. The number of thiocarbonyl (C=S) groups is 1. The summed E-state index contributed by atoms with van der Waals surface area (Å²) in [4.78, 5) is 15.3. The minimum absolute atomic E-state index is 0.00718. The maximum atomic E-state index is 12.9. The number of nitrogens with zero attached hydrogens (tertiary/aromatic N) is 1. The Balaban J connectivity index is 1.82. The number of carbonyl (C=O) groups is 1. The van der Waals surface area contributed by atoms with Gasteiger partial charge >= 0.3 is 0 Å². The molecule has 0 N–H and O–H groups in total. The van der Waals surface area contributed by atoms with E-state index in [4.69, 9.17) is 17.0 Å². The van der Waals surface area contributed by atoms with E-state index in [2.05, 4.69) is 32.0 Å². The van der Waals surface area contributed by atoms with Gasteiger partial charge in [0.2, 0.25) is 0 Å². The molecule has 1 aliphatic rings. The predicted molar refractivity (Wildman–Crippen MR) is 122 cm³/mol. The number of ether oxygens (including phenoxy) is 1. The van der Waals surface area contributed by atoms with Gasteiger partial charge in [0.05, 0.1) is 12.0 Å². The van der Waals surface area contributed by atoms with Crippen LogP contribution in [0, 0.1) is 6.92 Å². The highest BCUT2D eigenvalue weighted by Gasteiger charge is 2.31. The summed E-state index contributed by atoms with van der Waals surface area (Å²) in [7, 11) is 1.69. The van der Waals surface area contributed by atoms with Gasteiger partial charge in [-0.05, 0) is 59.7 Å². The van der Waals surface area contributed by atoms with Crippen LogP contribution in [-0.2, 0) is 11.2 Å². The highest BCUT2D eigenvalue weighted by molar-refractivity contribution is 8.26. The number of thioether (sulfide) groups is 1. The summed E-state index contributed by atoms with van der Waals surface area (Å²) in [6.45, 7) is 6.92. The molecular weight excluding hydrogens is 386 g/mol. The largest absolute Gasteiger partial charge is 0.496 e. The van der Waals surface area contributed by atoms with Crippen molar-refractivity contribution in [1.29, 1.82) is 0 Å². The first-order chi connectivity index (χ1) is 13.4. The molecule has 0 atom stereocenters. The van der Waals surface area contributed by atoms with E-state index >= 15 is 0 Å². The first-order valence-electron chi connectivity index (χ1n) is 9.38. The normalized spacial score (nSPS) is 15.8. The fourth-order valence-electron chi connectivity index (χ4n) is 3.22. The molecule has 2 aromatic carbocycles. The summed E-state index contributed by atoms with van der Waals surface area (Å²) in [5.41, 5.74) is 4.45. The predicted octanol–water partition coefficient (Wildman–Crippen LogP) is 5.57. The number of rotatable bonds is 6. The van der Waals surface area contributed by atoms with Crippen LogP contribution in [0.25, 0.3) is 6.08 Å². The Labute approximate surface area is 176 Å². The van der Waals surface area contributed by atoms with Crippen molar-refractivity contribution >= 4 is 40.3 Å². The average Bonchev–Trinajstić information content (AvgIpc) is 2.95. The Kier molecular flexibility index (Phi) is 6.57. The summed E-state index contributed by atoms with van der Waals surface area (Å²) in [6.07, 6.45) is 2.75. The van der Waals surface area contributed by atoms with Gasteiger partial charge in [0.25, 0.3) is 5.91 Å². The zero-order valence-electron chi connectivity index (χ0n) is 16.7. The fourth-order valence-corrected chi connectivity index (χ4v) is 4.52. The molecule has 1 aliphatic heterocycles. The standard InChI is InChI=1S/C23H25NO2S2/c1-15(2)19-13-18(16(3)12-20(19)26-4)14-21-22(25)24(23(27)28-21)11-10-17-8-6-5-7-9-17/h5-9,12-15H,10-11H2,1-4H3/b21-14-. The van der Waals surface area contributed by atoms with Crippen molar-refractivity contribution in [3.05, 3.63) is 69.6 Å². The molecule has 1 heterocycles. The monoisotopic (exact) mass is 411 g/mol. The highest BCUT2D eigenvalue weighted by atomic mass is 32.2. The molecule has 0 radical (unpaired) electrons. The molecule has 0 unspecified atom stereocenters. The van der Waals surface area contributed by atoms with Gasteiger partial charge in [0.1, 0.15) is 10.1 Å². The van der Waals surface area contributed by atoms with Gasteiger partial charge in [0.15, 0.2) is 0 Å². The summed E-state index contributed by atoms with van der Waals surface area (Å²) >= 11 is 6.86. The Morgan fingerprint density at radius 1 is 1.21 bits per heavy atom. The van der Waals surface area contributed by atoms with E-state index in [0.29, 0.717) is 21.7 Å². The van der Waals surface area contributed by atoms with Gasteiger partial charge in [0, 0.05) is 6.54 Å². The first-order valence-corrected chi connectivity index (χ1v) is 10.6. The molecule has 3 nitrogen and oxygen atoms in total. The van der Waals surface area contributed by atoms with E-state index < -0.39 is 0 Å². The van der Waals surface area contributed by atoms with Crippen molar-refractivity contribution in [3.8, 4) is 5.75 Å². The second kappa shape index (κ2) is 8.93. The number of aryl methyl sites for hydroxylation is 1. The van der Waals surface area contributed by atoms with Crippen LogP contribution in [0.1, 0.15) is 42.0 Å². The maximum Gasteiger partial charge on any atom is 0.266 e. The van der Waals surface area contributed by atoms with Gasteiger partial charge in [-0.3, -0.25) is 9.69 Å². The lowest BCUT2D eigenvalue weighted by atomic mass is 9.96. The number of benzene rings is 2. The molecule has 1 fully saturated rings. The van der Waals surface area contributed by atoms with Gasteiger partial charge in [-0.25, -0.2) is 0 Å². The number of hydrogen-bond donors (Lipinski definition) is 0. The Bertz CT molecular complexity index is 920. The van der Waals surface area contributed by atoms with Gasteiger partial charge in [-0.2, -0.15) is 0 Å². The highest BCUT2D eigenvalue weighted by Crippen LogP contribution is 2.35. The van der Waals surface area contributed by atoms with Crippen LogP contribution >= 0.6 is 24.0 Å². The second-order valence-corrected chi connectivity index (χ2v) is 8.85. The molecule has 2 aromatic rings. The lowest BCUT2D eigenvalue weighted by molar-refractivity contribution is -0.122. The van der Waals surface area contributed by atoms with Crippen molar-refractivity contribution < 1.29 is 9.53 Å². The van der Waals surface area contributed by atoms with E-state index in [0.717, 1.165) is 28.9 Å². The molecule has 5 heteroatoms. The van der Waals surface area contributed by atoms with Crippen LogP contribution in [0.3, 0.4) is 0 Å². The summed E-state index contributed by atoms with van der Waals surface area (Å²) in [5, 5.41) is 0. The van der Waals surface area contributed by atoms with Crippen LogP contribution in [-0.4, -0.2) is 28.8 Å². The van der Waals surface area contributed by atoms with E-state index in [1.807, 2.05) is 37.3 Å². The van der Waals surface area contributed by atoms with E-state index in [-0.39, 0.29) is 5.91 Å². The molecule has 28 heavy (non-hydrogen) atoms. The molecule has 3 rings (SSSR count). The third-order valence-electron chi connectivity index (χ3n) is 4.87. The topological polar surface area (TPSA) is 29.5 Å². The lowest BCUT2D eigenvalue weighted by Gasteiger charge is -2.15. The smallest absolute Gasteiger partial charge is 0.266 e. The minimum Gasteiger partial charge on any atom is -0.496 e. The minimum atomic E-state index is -0.00718. The number of carbonyl (C=O) groups excluding carboxylic acids is 1. The fraction of sp³-hybridized carbons (Fsp3) is 0.304. The zero-order valence-corrected chi connectivity index (χ0v) is 18.3. The molecule has 0 bridgehead atoms. The number of hydrogen-bond acceptors (Lipinski definition) is 4. The van der Waals surface area contributed by atoms with Gasteiger partial charge in [-0.15, -0.1) is 0 Å². The quantitative estimate of drug-likeness (QED) is 0.459. The summed E-state index contributed by atoms with van der Waals surface area (Å²) in [6, 6.07) is 14.3. The lowest BCUT2D eigenvalue weighted by Crippen LogP contribution is -2.30. The third-order valence-corrected chi connectivity index (χ3v) is 6.25. The van der Waals surface area contributed by atoms with Crippen molar-refractivity contribution in [2.75, 3.05) is 13.7 Å². The molecule has 146 valence electrons. The molecule has 0 spiro atoms. The van der Waals surface area contributed by atoms with Gasteiger partial charge < -0.3 is 4.74 Å². The molecular formula is C23H25NO2S2. The van der Waals surface area contributed by atoms with Crippen LogP contribution in [0.4, 0.5) is 0 Å². The Morgan fingerprint density at radius 3 is 2.57 bits per heavy atom. The van der Waals surface area contributed by atoms with Crippen LogP contribution < -0.4 is 4.74 Å². The zero-order chi connectivity index (χ0) is 20.3. The van der Waals surface area contributed by atoms with Crippen LogP contribution in [0.5, 0.6) is 5.75 Å². The van der Waals surface area contributed by atoms with Crippen molar-refractivity contribution in [2.45, 2.75) is 33.1 Å². The van der Waals surface area contributed by atoms with Crippen molar-refractivity contribution in [1.82, 2.24) is 4.90 Å². The Hall–Kier alpha value is -2.11. The van der Waals surface area contributed by atoms with E-state index in [1.165, 1.54) is 17.3 Å². The molecule has 1 saturated heterocycles. The van der Waals surface area contributed by atoms with E-state index in [1.54, 1.807) is 12.0 Å². The maximum absolute atomic E-state index is 12.9.